The summed E-state index contributed by atoms with van der Waals surface area (Å²) in [5.41, 5.74) is 5.51. The maximum atomic E-state index is 12.1. The Labute approximate surface area is 181 Å². The number of ether oxygens (including phenoxy) is 2. The highest BCUT2D eigenvalue weighted by Gasteiger charge is 2.28. The second kappa shape index (κ2) is 9.77. The molecule has 6 nitrogen and oxygen atoms in total. The van der Waals surface area contributed by atoms with Crippen LogP contribution in [0.15, 0.2) is 60.9 Å². The van der Waals surface area contributed by atoms with E-state index in [9.17, 15) is 4.79 Å². The molecule has 0 radical (unpaired) electrons. The Morgan fingerprint density at radius 1 is 1.03 bits per heavy atom. The van der Waals surface area contributed by atoms with Crippen LogP contribution in [0.4, 0.5) is 4.79 Å². The highest BCUT2D eigenvalue weighted by molar-refractivity contribution is 5.79. The molecule has 0 bridgehead atoms. The van der Waals surface area contributed by atoms with Gasteiger partial charge in [0.05, 0.1) is 12.2 Å². The zero-order valence-electron chi connectivity index (χ0n) is 17.3. The lowest BCUT2D eigenvalue weighted by atomic mass is 9.98. The standard InChI is InChI=1S/C25H23N3O3/c1-2-30-24-27-15-18(16-28-24)9-7-8-14-26-25(29)31-17-23-21-12-5-3-10-19(21)20-11-4-6-13-22(20)23/h3-6,10-13,15-16,23H,2,8,14,17H2,1H3,(H,26,29). The van der Waals surface area contributed by atoms with Crippen molar-refractivity contribution in [3.63, 3.8) is 0 Å². The fourth-order valence-electron chi connectivity index (χ4n) is 3.63. The van der Waals surface area contributed by atoms with Crippen molar-refractivity contribution in [2.45, 2.75) is 19.3 Å². The summed E-state index contributed by atoms with van der Waals surface area (Å²) in [5.74, 6) is 6.01. The van der Waals surface area contributed by atoms with E-state index in [1.54, 1.807) is 12.4 Å². The van der Waals surface area contributed by atoms with Crippen LogP contribution in [-0.2, 0) is 4.74 Å². The van der Waals surface area contributed by atoms with Crippen LogP contribution in [0.5, 0.6) is 6.01 Å². The molecular weight excluding hydrogens is 390 g/mol. The minimum absolute atomic E-state index is 0.0533. The predicted molar refractivity (Wildman–Crippen MR) is 118 cm³/mol. The molecule has 1 N–H and O–H groups in total. The summed E-state index contributed by atoms with van der Waals surface area (Å²) in [6, 6.07) is 16.9. The van der Waals surface area contributed by atoms with E-state index in [0.29, 0.717) is 37.8 Å². The zero-order chi connectivity index (χ0) is 21.5. The quantitative estimate of drug-likeness (QED) is 0.485. The van der Waals surface area contributed by atoms with Crippen molar-refractivity contribution >= 4 is 6.09 Å². The predicted octanol–water partition coefficient (Wildman–Crippen LogP) is 4.16. The van der Waals surface area contributed by atoms with Crippen LogP contribution in [-0.4, -0.2) is 35.8 Å². The van der Waals surface area contributed by atoms with Gasteiger partial charge in [-0.1, -0.05) is 60.4 Å². The SMILES string of the molecule is CCOc1ncc(C#CCCNC(=O)OCC2c3ccccc3-c3ccccc32)cn1. The van der Waals surface area contributed by atoms with Gasteiger partial charge in [0.2, 0.25) is 0 Å². The molecule has 1 aromatic heterocycles. The summed E-state index contributed by atoms with van der Waals surface area (Å²) >= 11 is 0. The molecule has 6 heteroatoms. The van der Waals surface area contributed by atoms with Crippen LogP contribution in [0.2, 0.25) is 0 Å². The van der Waals surface area contributed by atoms with E-state index in [2.05, 4.69) is 51.4 Å². The molecule has 0 spiro atoms. The number of carbonyl (C=O) groups is 1. The fraction of sp³-hybridized carbons (Fsp3) is 0.240. The zero-order valence-corrected chi connectivity index (χ0v) is 17.3. The van der Waals surface area contributed by atoms with Crippen LogP contribution >= 0.6 is 0 Å². The Kier molecular flexibility index (Phi) is 6.44. The van der Waals surface area contributed by atoms with Crippen LogP contribution in [0.1, 0.15) is 36.0 Å². The molecular formula is C25H23N3O3. The van der Waals surface area contributed by atoms with Crippen LogP contribution in [0, 0.1) is 11.8 Å². The topological polar surface area (TPSA) is 73.3 Å². The molecule has 2 aromatic carbocycles. The molecule has 0 saturated carbocycles. The number of hydrogen-bond donors (Lipinski definition) is 1. The van der Waals surface area contributed by atoms with Crippen molar-refractivity contribution in [1.29, 1.82) is 0 Å². The number of nitrogens with zero attached hydrogens (tertiary/aromatic N) is 2. The summed E-state index contributed by atoms with van der Waals surface area (Å²) in [7, 11) is 0. The van der Waals surface area contributed by atoms with Crippen molar-refractivity contribution < 1.29 is 14.3 Å². The summed E-state index contributed by atoms with van der Waals surface area (Å²) in [5, 5.41) is 2.75. The van der Waals surface area contributed by atoms with Gasteiger partial charge in [-0.25, -0.2) is 14.8 Å². The molecule has 0 aliphatic heterocycles. The number of alkyl carbamates (subject to hydrolysis) is 1. The monoisotopic (exact) mass is 413 g/mol. The third kappa shape index (κ3) is 4.84. The molecule has 1 aliphatic rings. The van der Waals surface area contributed by atoms with Gasteiger partial charge >= 0.3 is 12.1 Å². The average molecular weight is 413 g/mol. The Bertz CT molecular complexity index is 1070. The van der Waals surface area contributed by atoms with Gasteiger partial charge in [-0.2, -0.15) is 0 Å². The molecule has 4 rings (SSSR count). The first-order chi connectivity index (χ1) is 15.3. The van der Waals surface area contributed by atoms with E-state index in [1.807, 2.05) is 31.2 Å². The number of fused-ring (bicyclic) bond motifs is 3. The largest absolute Gasteiger partial charge is 0.464 e. The molecule has 1 aliphatic carbocycles. The lowest BCUT2D eigenvalue weighted by Crippen LogP contribution is -2.26. The fourth-order valence-corrected chi connectivity index (χ4v) is 3.63. The molecule has 3 aromatic rings. The summed E-state index contributed by atoms with van der Waals surface area (Å²) in [6.07, 6.45) is 3.29. The number of hydrogen-bond acceptors (Lipinski definition) is 5. The third-order valence-electron chi connectivity index (χ3n) is 5.00. The van der Waals surface area contributed by atoms with E-state index in [1.165, 1.54) is 22.3 Å². The van der Waals surface area contributed by atoms with E-state index in [0.717, 1.165) is 0 Å². The Balaban J connectivity index is 1.25. The molecule has 1 amide bonds. The molecule has 1 heterocycles. The first-order valence-corrected chi connectivity index (χ1v) is 10.3. The van der Waals surface area contributed by atoms with Crippen molar-refractivity contribution in [3.05, 3.63) is 77.6 Å². The summed E-state index contributed by atoms with van der Waals surface area (Å²) < 4.78 is 10.7. The highest BCUT2D eigenvalue weighted by Crippen LogP contribution is 2.44. The minimum Gasteiger partial charge on any atom is -0.464 e. The van der Waals surface area contributed by atoms with Gasteiger partial charge in [0.15, 0.2) is 0 Å². The average Bonchev–Trinajstić information content (AvgIpc) is 3.12. The van der Waals surface area contributed by atoms with Crippen LogP contribution < -0.4 is 10.1 Å². The Hall–Kier alpha value is -3.85. The molecule has 0 saturated heterocycles. The van der Waals surface area contributed by atoms with E-state index >= 15 is 0 Å². The summed E-state index contributed by atoms with van der Waals surface area (Å²) in [6.45, 7) is 3.10. The van der Waals surface area contributed by atoms with Gasteiger partial charge in [-0.05, 0) is 29.2 Å². The normalized spacial score (nSPS) is 11.6. The Morgan fingerprint density at radius 3 is 2.32 bits per heavy atom. The third-order valence-corrected chi connectivity index (χ3v) is 5.00. The first kappa shape index (κ1) is 20.4. The second-order valence-electron chi connectivity index (χ2n) is 6.99. The molecule has 0 unspecified atom stereocenters. The van der Waals surface area contributed by atoms with E-state index in [-0.39, 0.29) is 5.92 Å². The van der Waals surface area contributed by atoms with Crippen molar-refractivity contribution in [2.75, 3.05) is 19.8 Å². The second-order valence-corrected chi connectivity index (χ2v) is 6.99. The number of carbonyl (C=O) groups excluding carboxylic acids is 1. The lowest BCUT2D eigenvalue weighted by Gasteiger charge is -2.14. The number of rotatable bonds is 6. The van der Waals surface area contributed by atoms with Crippen LogP contribution in [0.25, 0.3) is 11.1 Å². The maximum Gasteiger partial charge on any atom is 0.407 e. The van der Waals surface area contributed by atoms with Gasteiger partial charge in [0, 0.05) is 31.3 Å². The maximum absolute atomic E-state index is 12.1. The van der Waals surface area contributed by atoms with Gasteiger partial charge < -0.3 is 14.8 Å². The van der Waals surface area contributed by atoms with Crippen LogP contribution in [0.3, 0.4) is 0 Å². The molecule has 0 atom stereocenters. The molecule has 0 fully saturated rings. The smallest absolute Gasteiger partial charge is 0.407 e. The Morgan fingerprint density at radius 2 is 1.68 bits per heavy atom. The number of aromatic nitrogens is 2. The number of amides is 1. The first-order valence-electron chi connectivity index (χ1n) is 10.3. The van der Waals surface area contributed by atoms with Crippen molar-refractivity contribution in [2.24, 2.45) is 0 Å². The van der Waals surface area contributed by atoms with Gasteiger partial charge in [-0.15, -0.1) is 0 Å². The van der Waals surface area contributed by atoms with Gasteiger partial charge in [0.1, 0.15) is 6.61 Å². The minimum atomic E-state index is -0.437. The van der Waals surface area contributed by atoms with Crippen molar-refractivity contribution in [3.8, 4) is 29.0 Å². The van der Waals surface area contributed by atoms with E-state index in [4.69, 9.17) is 9.47 Å². The number of benzene rings is 2. The summed E-state index contributed by atoms with van der Waals surface area (Å²) in [4.78, 5) is 20.3. The highest BCUT2D eigenvalue weighted by atomic mass is 16.5. The molecule has 156 valence electrons. The van der Waals surface area contributed by atoms with Gasteiger partial charge in [0.25, 0.3) is 0 Å². The number of nitrogens with one attached hydrogen (secondary N) is 1. The molecule has 31 heavy (non-hydrogen) atoms. The van der Waals surface area contributed by atoms with Gasteiger partial charge in [-0.3, -0.25) is 0 Å². The van der Waals surface area contributed by atoms with E-state index < -0.39 is 6.09 Å². The lowest BCUT2D eigenvalue weighted by molar-refractivity contribution is 0.143. The van der Waals surface area contributed by atoms with Crippen molar-refractivity contribution in [1.82, 2.24) is 15.3 Å².